The van der Waals surface area contributed by atoms with E-state index >= 15 is 0 Å². The van der Waals surface area contributed by atoms with Crippen molar-refractivity contribution < 1.29 is 26.7 Å². The molecule has 0 bridgehead atoms. The molecule has 0 aromatic heterocycles. The van der Waals surface area contributed by atoms with Gasteiger partial charge >= 0.3 is 0 Å². The van der Waals surface area contributed by atoms with Gasteiger partial charge in [-0.05, 0) is 23.6 Å². The highest BCUT2D eigenvalue weighted by atomic mass is 19.2. The fourth-order valence-corrected chi connectivity index (χ4v) is 2.93. The zero-order chi connectivity index (χ0) is 17.4. The molecule has 0 spiro atoms. The second kappa shape index (κ2) is 6.19. The van der Waals surface area contributed by atoms with Gasteiger partial charge < -0.3 is 0 Å². The third-order valence-corrected chi connectivity index (χ3v) is 4.05. The van der Waals surface area contributed by atoms with Gasteiger partial charge in [0.15, 0.2) is 29.1 Å². The van der Waals surface area contributed by atoms with E-state index in [2.05, 4.69) is 0 Å². The SMILES string of the molecule is O=C1C=C(c2ccccc2)CC(c2c(F)c(F)c(F)c(F)c2F)C1. The summed E-state index contributed by atoms with van der Waals surface area (Å²) in [6.45, 7) is 0. The van der Waals surface area contributed by atoms with Crippen LogP contribution in [0.3, 0.4) is 0 Å². The molecule has 2 aromatic rings. The molecule has 124 valence electrons. The highest BCUT2D eigenvalue weighted by molar-refractivity contribution is 5.99. The normalized spacial score (nSPS) is 17.8. The Labute approximate surface area is 134 Å². The fourth-order valence-electron chi connectivity index (χ4n) is 2.93. The first-order valence-electron chi connectivity index (χ1n) is 7.20. The molecular weight excluding hydrogens is 327 g/mol. The molecule has 3 rings (SSSR count). The van der Waals surface area contributed by atoms with Gasteiger partial charge in [0, 0.05) is 17.9 Å². The van der Waals surface area contributed by atoms with Gasteiger partial charge in [0.2, 0.25) is 5.82 Å². The standard InChI is InChI=1S/C18H11F5O/c19-14-13(15(20)17(22)18(23)16(14)21)11-6-10(7-12(24)8-11)9-4-2-1-3-5-9/h1-5,7,11H,6,8H2. The average Bonchev–Trinajstić information content (AvgIpc) is 2.59. The van der Waals surface area contributed by atoms with Gasteiger partial charge in [0.25, 0.3) is 0 Å². The topological polar surface area (TPSA) is 17.1 Å². The number of allylic oxidation sites excluding steroid dienone is 2. The van der Waals surface area contributed by atoms with Gasteiger partial charge in [-0.1, -0.05) is 30.3 Å². The lowest BCUT2D eigenvalue weighted by Crippen LogP contribution is -2.17. The zero-order valence-corrected chi connectivity index (χ0v) is 12.3. The summed E-state index contributed by atoms with van der Waals surface area (Å²) in [5.74, 6) is -11.5. The van der Waals surface area contributed by atoms with Crippen LogP contribution in [-0.2, 0) is 4.79 Å². The summed E-state index contributed by atoms with van der Waals surface area (Å²) in [7, 11) is 0. The monoisotopic (exact) mass is 338 g/mol. The minimum atomic E-state index is -2.20. The number of carbonyl (C=O) groups excluding carboxylic acids is 1. The van der Waals surface area contributed by atoms with Crippen molar-refractivity contribution in [2.75, 3.05) is 0 Å². The van der Waals surface area contributed by atoms with Crippen molar-refractivity contribution in [1.29, 1.82) is 0 Å². The molecule has 0 amide bonds. The molecule has 24 heavy (non-hydrogen) atoms. The summed E-state index contributed by atoms with van der Waals surface area (Å²) < 4.78 is 68.0. The minimum Gasteiger partial charge on any atom is -0.295 e. The van der Waals surface area contributed by atoms with E-state index in [0.717, 1.165) is 0 Å². The lowest BCUT2D eigenvalue weighted by molar-refractivity contribution is -0.115. The molecule has 1 aliphatic carbocycles. The van der Waals surface area contributed by atoms with Crippen LogP contribution in [0.5, 0.6) is 0 Å². The van der Waals surface area contributed by atoms with Crippen molar-refractivity contribution in [2.24, 2.45) is 0 Å². The van der Waals surface area contributed by atoms with Crippen LogP contribution in [0.1, 0.15) is 29.9 Å². The Morgan fingerprint density at radius 1 is 0.750 bits per heavy atom. The largest absolute Gasteiger partial charge is 0.295 e. The third kappa shape index (κ3) is 2.72. The molecule has 0 aliphatic heterocycles. The smallest absolute Gasteiger partial charge is 0.200 e. The maximum atomic E-state index is 14.0. The number of hydrogen-bond donors (Lipinski definition) is 0. The van der Waals surface area contributed by atoms with E-state index in [-0.39, 0.29) is 12.8 Å². The fraction of sp³-hybridized carbons (Fsp3) is 0.167. The molecule has 0 fully saturated rings. The Kier molecular flexibility index (Phi) is 4.22. The molecule has 0 saturated carbocycles. The molecular formula is C18H11F5O. The van der Waals surface area contributed by atoms with E-state index < -0.39 is 46.4 Å². The molecule has 0 saturated heterocycles. The summed E-state index contributed by atoms with van der Waals surface area (Å²) in [5.41, 5.74) is 0.237. The number of carbonyl (C=O) groups is 1. The highest BCUT2D eigenvalue weighted by Gasteiger charge is 2.33. The first-order valence-corrected chi connectivity index (χ1v) is 7.20. The van der Waals surface area contributed by atoms with E-state index in [1.54, 1.807) is 30.3 Å². The van der Waals surface area contributed by atoms with Crippen LogP contribution in [0.15, 0.2) is 36.4 Å². The molecule has 1 atom stereocenters. The molecule has 2 aromatic carbocycles. The lowest BCUT2D eigenvalue weighted by atomic mass is 9.80. The van der Waals surface area contributed by atoms with Crippen molar-refractivity contribution in [3.63, 3.8) is 0 Å². The summed E-state index contributed by atoms with van der Waals surface area (Å²) >= 11 is 0. The Morgan fingerprint density at radius 2 is 1.29 bits per heavy atom. The van der Waals surface area contributed by atoms with Gasteiger partial charge in [-0.3, -0.25) is 4.79 Å². The molecule has 0 N–H and O–H groups in total. The van der Waals surface area contributed by atoms with Gasteiger partial charge in [0.1, 0.15) is 0 Å². The summed E-state index contributed by atoms with van der Waals surface area (Å²) in [6, 6.07) is 8.63. The van der Waals surface area contributed by atoms with Crippen molar-refractivity contribution in [1.82, 2.24) is 0 Å². The third-order valence-electron chi connectivity index (χ3n) is 4.05. The summed E-state index contributed by atoms with van der Waals surface area (Å²) in [4.78, 5) is 11.9. The second-order valence-corrected chi connectivity index (χ2v) is 5.59. The van der Waals surface area contributed by atoms with Crippen LogP contribution in [0.25, 0.3) is 5.57 Å². The van der Waals surface area contributed by atoms with Gasteiger partial charge in [-0.2, -0.15) is 0 Å². The van der Waals surface area contributed by atoms with E-state index in [1.165, 1.54) is 6.08 Å². The van der Waals surface area contributed by atoms with Gasteiger partial charge in [-0.15, -0.1) is 0 Å². The Balaban J connectivity index is 2.06. The first-order chi connectivity index (χ1) is 11.4. The van der Waals surface area contributed by atoms with Crippen LogP contribution in [-0.4, -0.2) is 5.78 Å². The highest BCUT2D eigenvalue weighted by Crippen LogP contribution is 2.39. The van der Waals surface area contributed by atoms with Crippen molar-refractivity contribution in [2.45, 2.75) is 18.8 Å². The number of halogens is 5. The number of benzene rings is 2. The summed E-state index contributed by atoms with van der Waals surface area (Å²) in [5, 5.41) is 0. The number of rotatable bonds is 2. The second-order valence-electron chi connectivity index (χ2n) is 5.59. The Bertz CT molecular complexity index is 813. The molecule has 1 unspecified atom stereocenters. The predicted octanol–water partition coefficient (Wildman–Crippen LogP) is 4.91. The molecule has 1 nitrogen and oxygen atoms in total. The van der Waals surface area contributed by atoms with Crippen molar-refractivity contribution in [3.05, 3.63) is 76.6 Å². The Morgan fingerprint density at radius 3 is 1.88 bits per heavy atom. The average molecular weight is 338 g/mol. The van der Waals surface area contributed by atoms with Crippen LogP contribution in [0.2, 0.25) is 0 Å². The Hall–Kier alpha value is -2.50. The maximum Gasteiger partial charge on any atom is 0.200 e. The number of hydrogen-bond acceptors (Lipinski definition) is 1. The zero-order valence-electron chi connectivity index (χ0n) is 12.3. The van der Waals surface area contributed by atoms with E-state index in [0.29, 0.717) is 11.1 Å². The number of ketones is 1. The van der Waals surface area contributed by atoms with E-state index in [1.807, 2.05) is 0 Å². The van der Waals surface area contributed by atoms with E-state index in [9.17, 15) is 26.7 Å². The first kappa shape index (κ1) is 16.4. The summed E-state index contributed by atoms with van der Waals surface area (Å²) in [6.07, 6.45) is 1.04. The minimum absolute atomic E-state index is 0.00804. The predicted molar refractivity (Wildman–Crippen MR) is 77.6 cm³/mol. The van der Waals surface area contributed by atoms with E-state index in [4.69, 9.17) is 0 Å². The van der Waals surface area contributed by atoms with Crippen LogP contribution >= 0.6 is 0 Å². The van der Waals surface area contributed by atoms with Crippen molar-refractivity contribution >= 4 is 11.4 Å². The van der Waals surface area contributed by atoms with Crippen LogP contribution in [0, 0.1) is 29.1 Å². The lowest BCUT2D eigenvalue weighted by Gasteiger charge is -2.24. The van der Waals surface area contributed by atoms with Crippen LogP contribution < -0.4 is 0 Å². The van der Waals surface area contributed by atoms with Gasteiger partial charge in [0.05, 0.1) is 0 Å². The van der Waals surface area contributed by atoms with Gasteiger partial charge in [-0.25, -0.2) is 22.0 Å². The molecule has 6 heteroatoms. The van der Waals surface area contributed by atoms with Crippen molar-refractivity contribution in [3.8, 4) is 0 Å². The molecule has 1 aliphatic rings. The quantitative estimate of drug-likeness (QED) is 0.432. The molecule has 0 heterocycles. The maximum absolute atomic E-state index is 14.0. The molecule has 0 radical (unpaired) electrons. The van der Waals surface area contributed by atoms with Crippen LogP contribution in [0.4, 0.5) is 22.0 Å².